The second-order valence-corrected chi connectivity index (χ2v) is 5.55. The number of nitrogens with two attached hydrogens (primary N) is 1. The van der Waals surface area contributed by atoms with Gasteiger partial charge >= 0.3 is 0 Å². The lowest BCUT2D eigenvalue weighted by Crippen LogP contribution is -2.15. The first-order valence-corrected chi connectivity index (χ1v) is 6.54. The molecular formula is C10H11N5S2. The summed E-state index contributed by atoms with van der Waals surface area (Å²) in [6.07, 6.45) is 0. The van der Waals surface area contributed by atoms with Crippen LogP contribution in [0.25, 0.3) is 0 Å². The number of aryl methyl sites for hydroxylation is 2. The second-order valence-electron chi connectivity index (χ2n) is 3.48. The molecule has 0 atom stereocenters. The van der Waals surface area contributed by atoms with Gasteiger partial charge in [0.2, 0.25) is 0 Å². The highest BCUT2D eigenvalue weighted by Gasteiger charge is 2.14. The molecule has 2 aromatic rings. The fourth-order valence-corrected chi connectivity index (χ4v) is 3.15. The van der Waals surface area contributed by atoms with Crippen molar-refractivity contribution in [2.75, 3.05) is 0 Å². The van der Waals surface area contributed by atoms with Crippen LogP contribution in [0.1, 0.15) is 16.8 Å². The van der Waals surface area contributed by atoms with E-state index in [4.69, 9.17) is 11.1 Å². The molecule has 0 aliphatic rings. The molecule has 0 aliphatic carbocycles. The Morgan fingerprint density at radius 3 is 2.82 bits per heavy atom. The third kappa shape index (κ3) is 2.62. The van der Waals surface area contributed by atoms with Crippen molar-refractivity contribution in [2.45, 2.75) is 23.2 Å². The number of amidine groups is 1. The van der Waals surface area contributed by atoms with Crippen LogP contribution in [-0.2, 0) is 0 Å². The van der Waals surface area contributed by atoms with Gasteiger partial charge in [-0.05, 0) is 37.2 Å². The van der Waals surface area contributed by atoms with E-state index in [1.807, 2.05) is 19.9 Å². The van der Waals surface area contributed by atoms with Crippen molar-refractivity contribution in [3.8, 4) is 0 Å². The molecule has 0 unspecified atom stereocenters. The minimum Gasteiger partial charge on any atom is -0.384 e. The molecule has 0 saturated carbocycles. The zero-order valence-corrected chi connectivity index (χ0v) is 11.0. The van der Waals surface area contributed by atoms with Gasteiger partial charge in [0.15, 0.2) is 4.34 Å². The quantitative estimate of drug-likeness (QED) is 0.654. The van der Waals surface area contributed by atoms with Gasteiger partial charge in [0.05, 0.1) is 5.56 Å². The highest BCUT2D eigenvalue weighted by Crippen LogP contribution is 2.31. The Bertz CT molecular complexity index is 550. The fraction of sp³-hybridized carbons (Fsp3) is 0.200. The number of nitrogens with one attached hydrogen (secondary N) is 1. The first-order valence-electron chi connectivity index (χ1n) is 4.84. The van der Waals surface area contributed by atoms with E-state index in [2.05, 4.69) is 15.2 Å². The lowest BCUT2D eigenvalue weighted by Gasteiger charge is -2.09. The van der Waals surface area contributed by atoms with Gasteiger partial charge in [-0.1, -0.05) is 11.3 Å². The predicted octanol–water partition coefficient (Wildman–Crippen LogP) is 1.99. The Morgan fingerprint density at radius 1 is 1.47 bits per heavy atom. The lowest BCUT2D eigenvalue weighted by atomic mass is 10.1. The van der Waals surface area contributed by atoms with E-state index in [0.717, 1.165) is 15.6 Å². The van der Waals surface area contributed by atoms with Crippen molar-refractivity contribution >= 4 is 28.9 Å². The summed E-state index contributed by atoms with van der Waals surface area (Å²) < 4.78 is 0.796. The number of nitrogen functional groups attached to an aromatic ring is 1. The van der Waals surface area contributed by atoms with Crippen LogP contribution in [0.15, 0.2) is 20.9 Å². The van der Waals surface area contributed by atoms with E-state index < -0.39 is 0 Å². The molecule has 7 heteroatoms. The van der Waals surface area contributed by atoms with Gasteiger partial charge in [0, 0.05) is 5.69 Å². The van der Waals surface area contributed by atoms with Gasteiger partial charge in [-0.3, -0.25) is 5.41 Å². The van der Waals surface area contributed by atoms with Gasteiger partial charge in [-0.15, -0.1) is 10.2 Å². The second kappa shape index (κ2) is 4.80. The van der Waals surface area contributed by atoms with Crippen LogP contribution < -0.4 is 5.73 Å². The minimum absolute atomic E-state index is 0.0296. The summed E-state index contributed by atoms with van der Waals surface area (Å²) in [5.41, 5.74) is 9.79. The van der Waals surface area contributed by atoms with Crippen LogP contribution in [0.5, 0.6) is 0 Å². The maximum atomic E-state index is 7.61. The van der Waals surface area contributed by atoms with E-state index in [9.17, 15) is 0 Å². The van der Waals surface area contributed by atoms with Gasteiger partial charge in [-0.25, -0.2) is 4.98 Å². The molecule has 2 rings (SSSR count). The van der Waals surface area contributed by atoms with Crippen molar-refractivity contribution in [3.63, 3.8) is 0 Å². The molecule has 0 aliphatic heterocycles. The standard InChI is InChI=1S/C10H11N5S2/c1-5-3-6(2)14-9(7(5)8(11)12)17-10-15-13-4-16-10/h3-4H,1-2H3,(H3,11,12). The van der Waals surface area contributed by atoms with Crippen molar-refractivity contribution in [1.82, 2.24) is 15.2 Å². The first kappa shape index (κ1) is 12.0. The highest BCUT2D eigenvalue weighted by atomic mass is 32.2. The maximum Gasteiger partial charge on any atom is 0.180 e. The maximum absolute atomic E-state index is 7.61. The van der Waals surface area contributed by atoms with E-state index in [0.29, 0.717) is 10.6 Å². The van der Waals surface area contributed by atoms with E-state index >= 15 is 0 Å². The van der Waals surface area contributed by atoms with Gasteiger partial charge in [-0.2, -0.15) is 0 Å². The molecule has 0 fully saturated rings. The molecule has 0 saturated heterocycles. The fourth-order valence-electron chi connectivity index (χ4n) is 1.49. The highest BCUT2D eigenvalue weighted by molar-refractivity contribution is 8.01. The number of hydrogen-bond donors (Lipinski definition) is 2. The van der Waals surface area contributed by atoms with Gasteiger partial charge < -0.3 is 5.73 Å². The van der Waals surface area contributed by atoms with Crippen LogP contribution in [-0.4, -0.2) is 21.0 Å². The molecule has 88 valence electrons. The Morgan fingerprint density at radius 2 is 2.24 bits per heavy atom. The largest absolute Gasteiger partial charge is 0.384 e. The average Bonchev–Trinajstić information content (AvgIpc) is 2.68. The summed E-state index contributed by atoms with van der Waals surface area (Å²) in [5.74, 6) is 0.0296. The third-order valence-corrected chi connectivity index (χ3v) is 3.87. The number of nitrogens with zero attached hydrogens (tertiary/aromatic N) is 3. The van der Waals surface area contributed by atoms with E-state index in [1.54, 1.807) is 5.51 Å². The lowest BCUT2D eigenvalue weighted by molar-refractivity contribution is 0.994. The number of pyridine rings is 1. The smallest absolute Gasteiger partial charge is 0.180 e. The van der Waals surface area contributed by atoms with E-state index in [-0.39, 0.29) is 5.84 Å². The topological polar surface area (TPSA) is 88.5 Å². The minimum atomic E-state index is 0.0296. The number of hydrogen-bond acceptors (Lipinski definition) is 6. The summed E-state index contributed by atoms with van der Waals surface area (Å²) in [6, 6.07) is 1.92. The van der Waals surface area contributed by atoms with Crippen LogP contribution in [0, 0.1) is 19.3 Å². The molecular weight excluding hydrogens is 254 g/mol. The Labute approximate surface area is 107 Å². The molecule has 5 nitrogen and oxygen atoms in total. The van der Waals surface area contributed by atoms with Crippen molar-refractivity contribution in [1.29, 1.82) is 5.41 Å². The number of rotatable bonds is 3. The summed E-state index contributed by atoms with van der Waals surface area (Å²) in [7, 11) is 0. The Hall–Kier alpha value is -1.47. The normalized spacial score (nSPS) is 10.5. The number of aromatic nitrogens is 3. The van der Waals surface area contributed by atoms with Crippen LogP contribution in [0.2, 0.25) is 0 Å². The molecule has 0 amide bonds. The molecule has 0 bridgehead atoms. The van der Waals surface area contributed by atoms with E-state index in [1.165, 1.54) is 23.1 Å². The molecule has 17 heavy (non-hydrogen) atoms. The Balaban J connectivity index is 2.47. The first-order chi connectivity index (χ1) is 8.08. The van der Waals surface area contributed by atoms with Crippen LogP contribution in [0.3, 0.4) is 0 Å². The molecule has 0 aromatic carbocycles. The van der Waals surface area contributed by atoms with Crippen molar-refractivity contribution in [3.05, 3.63) is 28.4 Å². The molecule has 0 radical (unpaired) electrons. The molecule has 3 N–H and O–H groups in total. The molecule has 2 aromatic heterocycles. The summed E-state index contributed by atoms with van der Waals surface area (Å²) in [4.78, 5) is 4.41. The SMILES string of the molecule is Cc1cc(C)c(C(=N)N)c(Sc2nncs2)n1. The van der Waals surface area contributed by atoms with Gasteiger partial charge in [0.25, 0.3) is 0 Å². The monoisotopic (exact) mass is 265 g/mol. The molecule has 2 heterocycles. The Kier molecular flexibility index (Phi) is 3.39. The van der Waals surface area contributed by atoms with Crippen molar-refractivity contribution < 1.29 is 0 Å². The summed E-state index contributed by atoms with van der Waals surface area (Å²) in [6.45, 7) is 3.84. The van der Waals surface area contributed by atoms with Crippen LogP contribution in [0.4, 0.5) is 0 Å². The average molecular weight is 265 g/mol. The third-order valence-electron chi connectivity index (χ3n) is 2.10. The van der Waals surface area contributed by atoms with Gasteiger partial charge in [0.1, 0.15) is 16.4 Å². The zero-order chi connectivity index (χ0) is 12.4. The molecule has 0 spiro atoms. The predicted molar refractivity (Wildman–Crippen MR) is 68.8 cm³/mol. The summed E-state index contributed by atoms with van der Waals surface area (Å²) >= 11 is 2.83. The zero-order valence-electron chi connectivity index (χ0n) is 9.39. The van der Waals surface area contributed by atoms with Crippen molar-refractivity contribution in [2.24, 2.45) is 5.73 Å². The summed E-state index contributed by atoms with van der Waals surface area (Å²) in [5, 5.41) is 16.0. The van der Waals surface area contributed by atoms with Crippen LogP contribution >= 0.6 is 23.1 Å².